The Morgan fingerprint density at radius 2 is 2.04 bits per heavy atom. The summed E-state index contributed by atoms with van der Waals surface area (Å²) >= 11 is 0. The van der Waals surface area contributed by atoms with Crippen molar-refractivity contribution in [2.24, 2.45) is 4.99 Å². The third-order valence-corrected chi connectivity index (χ3v) is 4.17. The van der Waals surface area contributed by atoms with Gasteiger partial charge in [-0.25, -0.2) is 0 Å². The largest absolute Gasteiger partial charge is 0.301 e. The van der Waals surface area contributed by atoms with E-state index < -0.39 is 0 Å². The molecule has 0 bridgehead atoms. The van der Waals surface area contributed by atoms with Crippen molar-refractivity contribution in [1.82, 2.24) is 19.9 Å². The van der Waals surface area contributed by atoms with Crippen LogP contribution in [0.15, 0.2) is 35.5 Å². The van der Waals surface area contributed by atoms with Crippen molar-refractivity contribution in [2.75, 3.05) is 27.2 Å². The van der Waals surface area contributed by atoms with Crippen LogP contribution in [0.1, 0.15) is 19.8 Å². The molecule has 7 heteroatoms. The lowest BCUT2D eigenvalue weighted by atomic mass is 10.1. The Kier molecular flexibility index (Phi) is 6.11. The van der Waals surface area contributed by atoms with E-state index in [0.29, 0.717) is 6.54 Å². The van der Waals surface area contributed by atoms with Crippen LogP contribution in [-0.4, -0.2) is 49.3 Å². The van der Waals surface area contributed by atoms with Gasteiger partial charge in [-0.1, -0.05) is 25.5 Å². The molecule has 0 fully saturated rings. The summed E-state index contributed by atoms with van der Waals surface area (Å²) in [4.78, 5) is 23.4. The first-order chi connectivity index (χ1) is 11.6. The normalized spacial score (nSPS) is 18.2. The molecule has 1 N–H and O–H groups in total. The molecule has 6 nitrogen and oxygen atoms in total. The zero-order chi connectivity index (χ0) is 17.2. The van der Waals surface area contributed by atoms with Gasteiger partial charge in [-0.2, -0.15) is 10.4 Å². The van der Waals surface area contributed by atoms with Gasteiger partial charge in [-0.05, 0) is 32.6 Å². The molecule has 0 saturated carbocycles. The quantitative estimate of drug-likeness (QED) is 0.803. The summed E-state index contributed by atoms with van der Waals surface area (Å²) in [6.07, 6.45) is 5.67. The monoisotopic (exact) mass is 362 g/mol. The zero-order valence-corrected chi connectivity index (χ0v) is 15.7. The maximum Gasteiger partial charge on any atom is 0.279 e. The van der Waals surface area contributed by atoms with Crippen LogP contribution in [0.25, 0.3) is 10.9 Å². The number of nitrogens with zero attached hydrogens (tertiary/aromatic N) is 4. The van der Waals surface area contributed by atoms with Crippen molar-refractivity contribution < 1.29 is 4.79 Å². The molecule has 25 heavy (non-hydrogen) atoms. The van der Waals surface area contributed by atoms with Crippen LogP contribution in [0.2, 0.25) is 0 Å². The molecule has 1 aliphatic rings. The third kappa shape index (κ3) is 3.81. The van der Waals surface area contributed by atoms with Crippen LogP contribution in [0.4, 0.5) is 11.4 Å². The first kappa shape index (κ1) is 19.3. The smallest absolute Gasteiger partial charge is 0.279 e. The number of pyridine rings is 1. The minimum Gasteiger partial charge on any atom is -0.301 e. The fraction of sp³-hybridized carbons (Fsp3) is 0.389. The number of fused-ring (bicyclic) bond motifs is 3. The number of aromatic nitrogens is 1. The number of hydrogen-bond acceptors (Lipinski definition) is 4. The van der Waals surface area contributed by atoms with E-state index in [1.165, 1.54) is 0 Å². The van der Waals surface area contributed by atoms with Crippen molar-refractivity contribution in [3.63, 3.8) is 0 Å². The fourth-order valence-corrected chi connectivity index (χ4v) is 3.11. The summed E-state index contributed by atoms with van der Waals surface area (Å²) in [5.74, 6) is -0.0173. The van der Waals surface area contributed by atoms with Gasteiger partial charge in [0.05, 0.1) is 23.6 Å². The number of halogens is 1. The van der Waals surface area contributed by atoms with E-state index in [-0.39, 0.29) is 22.9 Å². The highest BCUT2D eigenvalue weighted by Crippen LogP contribution is 2.41. The second kappa shape index (κ2) is 7.91. The van der Waals surface area contributed by atoms with Crippen LogP contribution < -0.4 is 10.0 Å². The molecule has 1 aromatic carbocycles. The Morgan fingerprint density at radius 3 is 2.76 bits per heavy atom. The van der Waals surface area contributed by atoms with Gasteiger partial charge in [-0.15, -0.1) is 17.0 Å². The van der Waals surface area contributed by atoms with Crippen LogP contribution in [0.5, 0.6) is 0 Å². The Labute approximate surface area is 154 Å². The van der Waals surface area contributed by atoms with Gasteiger partial charge in [0.25, 0.3) is 5.91 Å². The molecule has 0 saturated heterocycles. The molecule has 2 aromatic rings. The number of unbranched alkanes of at least 4 members (excludes halogenated alkanes) is 1. The summed E-state index contributed by atoms with van der Waals surface area (Å²) in [6, 6.07) is 8.01. The topological polar surface area (TPSA) is 57.6 Å². The van der Waals surface area contributed by atoms with Gasteiger partial charge in [-0.3, -0.25) is 9.78 Å². The average molecular weight is 363 g/mol. The first-order valence-corrected chi connectivity index (χ1v) is 8.33. The highest BCUT2D eigenvalue weighted by molar-refractivity contribution is 6.04. The number of carbonyl (C=O) groups is 1. The SMILES string of the molecule is CCCC[N+]1(NC(=O)CN(C)C)C=Nc2cnc3ccccc3c21.Cl. The van der Waals surface area contributed by atoms with Gasteiger partial charge in [0.1, 0.15) is 6.54 Å². The summed E-state index contributed by atoms with van der Waals surface area (Å²) in [5.41, 5.74) is 5.95. The molecular weight excluding hydrogens is 338 g/mol. The highest BCUT2D eigenvalue weighted by atomic mass is 35.5. The predicted octanol–water partition coefficient (Wildman–Crippen LogP) is 3.03. The van der Waals surface area contributed by atoms with Gasteiger partial charge in [0.2, 0.25) is 12.0 Å². The van der Waals surface area contributed by atoms with Gasteiger partial charge in [0, 0.05) is 0 Å². The van der Waals surface area contributed by atoms with E-state index in [9.17, 15) is 4.79 Å². The minimum atomic E-state index is -0.0173. The number of hydrogen-bond donors (Lipinski definition) is 1. The second-order valence-electron chi connectivity index (χ2n) is 6.47. The molecular formula is C18H25ClN5O+. The molecule has 134 valence electrons. The summed E-state index contributed by atoms with van der Waals surface area (Å²) in [6.45, 7) is 3.27. The van der Waals surface area contributed by atoms with Gasteiger partial charge >= 0.3 is 0 Å². The fourth-order valence-electron chi connectivity index (χ4n) is 3.11. The van der Waals surface area contributed by atoms with Crippen molar-refractivity contribution in [1.29, 1.82) is 0 Å². The molecule has 1 aliphatic heterocycles. The molecule has 1 amide bonds. The molecule has 2 heterocycles. The second-order valence-corrected chi connectivity index (χ2v) is 6.47. The number of quaternary nitrogens is 1. The van der Waals surface area contributed by atoms with Crippen molar-refractivity contribution >= 4 is 46.9 Å². The molecule has 0 aliphatic carbocycles. The minimum absolute atomic E-state index is 0. The first-order valence-electron chi connectivity index (χ1n) is 8.33. The third-order valence-electron chi connectivity index (χ3n) is 4.17. The Balaban J connectivity index is 0.00000225. The molecule has 1 aromatic heterocycles. The van der Waals surface area contributed by atoms with Crippen LogP contribution in [-0.2, 0) is 4.79 Å². The highest BCUT2D eigenvalue weighted by Gasteiger charge is 2.40. The van der Waals surface area contributed by atoms with E-state index >= 15 is 0 Å². The van der Waals surface area contributed by atoms with Crippen LogP contribution in [0.3, 0.4) is 0 Å². The molecule has 3 rings (SSSR count). The molecule has 0 radical (unpaired) electrons. The number of aliphatic imine (C=N–C) groups is 1. The molecule has 1 unspecified atom stereocenters. The van der Waals surface area contributed by atoms with Crippen LogP contribution in [0, 0.1) is 0 Å². The zero-order valence-electron chi connectivity index (χ0n) is 14.9. The molecule has 1 atom stereocenters. The Hall–Kier alpha value is -2.02. The number of amides is 1. The van der Waals surface area contributed by atoms with E-state index in [4.69, 9.17) is 0 Å². The van der Waals surface area contributed by atoms with Gasteiger partial charge < -0.3 is 4.90 Å². The lowest BCUT2D eigenvalue weighted by molar-refractivity contribution is -0.124. The summed E-state index contributed by atoms with van der Waals surface area (Å²) < 4.78 is 0.263. The summed E-state index contributed by atoms with van der Waals surface area (Å²) in [7, 11) is 3.78. The predicted molar refractivity (Wildman–Crippen MR) is 105 cm³/mol. The van der Waals surface area contributed by atoms with E-state index in [0.717, 1.165) is 41.7 Å². The lowest BCUT2D eigenvalue weighted by Crippen LogP contribution is -2.61. The Bertz CT molecular complexity index is 792. The number of benzene rings is 1. The number of rotatable bonds is 6. The van der Waals surface area contributed by atoms with E-state index in [1.807, 2.05) is 49.6 Å². The summed E-state index contributed by atoms with van der Waals surface area (Å²) in [5, 5.41) is 1.04. The maximum absolute atomic E-state index is 12.5. The molecule has 0 spiro atoms. The average Bonchev–Trinajstić information content (AvgIpc) is 2.91. The van der Waals surface area contributed by atoms with Crippen LogP contribution >= 0.6 is 12.4 Å². The van der Waals surface area contributed by atoms with Gasteiger partial charge in [0.15, 0.2) is 5.69 Å². The Morgan fingerprint density at radius 1 is 1.28 bits per heavy atom. The van der Waals surface area contributed by atoms with Crippen molar-refractivity contribution in [3.8, 4) is 0 Å². The number of nitrogens with one attached hydrogen (secondary N) is 1. The number of likely N-dealkylation sites (N-methyl/N-ethyl adjacent to an activating group) is 1. The lowest BCUT2D eigenvalue weighted by Gasteiger charge is -2.31. The van der Waals surface area contributed by atoms with E-state index in [1.54, 1.807) is 6.20 Å². The standard InChI is InChI=1S/C18H23N5O.ClH/c1-4-5-10-23(21-17(24)12-22(2)3)13-20-16-11-19-15-9-7-6-8-14(15)18(16)23;/h6-9,11,13H,4-5,10,12H2,1-3H3;1H/p+1. The van der Waals surface area contributed by atoms with Crippen molar-refractivity contribution in [2.45, 2.75) is 19.8 Å². The van der Waals surface area contributed by atoms with E-state index in [2.05, 4.69) is 22.3 Å². The maximum atomic E-state index is 12.5. The number of carbonyl (C=O) groups excluding carboxylic acids is 1. The van der Waals surface area contributed by atoms with Crippen molar-refractivity contribution in [3.05, 3.63) is 30.5 Å². The number of para-hydroxylation sites is 1.